The number of carbonyl (C=O) groups is 1. The molecular formula is C9H10O5S. The van der Waals surface area contributed by atoms with E-state index in [-0.39, 0.29) is 16.9 Å². The van der Waals surface area contributed by atoms with Crippen molar-refractivity contribution < 1.29 is 22.7 Å². The van der Waals surface area contributed by atoms with E-state index in [0.717, 1.165) is 0 Å². The van der Waals surface area contributed by atoms with Gasteiger partial charge in [0.2, 0.25) is 10.3 Å². The molecule has 6 heteroatoms. The van der Waals surface area contributed by atoms with Gasteiger partial charge in [-0.2, -0.15) is 8.42 Å². The quantitative estimate of drug-likeness (QED) is 0.496. The molecule has 0 spiro atoms. The highest BCUT2D eigenvalue weighted by molar-refractivity contribution is 7.73. The Labute approximate surface area is 88.5 Å². The third-order valence-electron chi connectivity index (χ3n) is 1.90. The van der Waals surface area contributed by atoms with Crippen molar-refractivity contribution in [2.45, 2.75) is 6.42 Å². The monoisotopic (exact) mass is 230 g/mol. The number of hydrogen-bond donors (Lipinski definition) is 0. The summed E-state index contributed by atoms with van der Waals surface area (Å²) < 4.78 is 30.8. The van der Waals surface area contributed by atoms with E-state index in [4.69, 9.17) is 4.74 Å². The molecule has 1 rings (SSSR count). The number of ether oxygens (including phenoxy) is 2. The summed E-state index contributed by atoms with van der Waals surface area (Å²) in [5.41, 5.74) is 0.116. The second-order valence-corrected chi connectivity index (χ2v) is 3.72. The van der Waals surface area contributed by atoms with E-state index < -0.39 is 16.3 Å². The van der Waals surface area contributed by atoms with Crippen LogP contribution in [0.2, 0.25) is 0 Å². The van der Waals surface area contributed by atoms with Crippen LogP contribution in [-0.2, 0) is 24.6 Å². The van der Waals surface area contributed by atoms with Crippen LogP contribution in [0.25, 0.3) is 0 Å². The lowest BCUT2D eigenvalue weighted by Crippen LogP contribution is -2.14. The minimum absolute atomic E-state index is 0.116. The van der Waals surface area contributed by atoms with Gasteiger partial charge < -0.3 is 9.47 Å². The van der Waals surface area contributed by atoms with Crippen LogP contribution in [0.1, 0.15) is 6.42 Å². The first-order valence-corrected chi connectivity index (χ1v) is 5.17. The number of hydrogen-bond acceptors (Lipinski definition) is 5. The molecule has 15 heavy (non-hydrogen) atoms. The van der Waals surface area contributed by atoms with Crippen LogP contribution in [-0.4, -0.2) is 33.5 Å². The molecule has 0 saturated carbocycles. The van der Waals surface area contributed by atoms with Gasteiger partial charge in [0.15, 0.2) is 0 Å². The van der Waals surface area contributed by atoms with Crippen molar-refractivity contribution in [2.24, 2.45) is 0 Å². The first-order valence-electron chi connectivity index (χ1n) is 4.09. The summed E-state index contributed by atoms with van der Waals surface area (Å²) in [6.45, 7) is 0. The molecule has 5 nitrogen and oxygen atoms in total. The van der Waals surface area contributed by atoms with Gasteiger partial charge in [-0.3, -0.25) is 0 Å². The van der Waals surface area contributed by atoms with E-state index in [2.05, 4.69) is 4.74 Å². The van der Waals surface area contributed by atoms with Gasteiger partial charge in [0, 0.05) is 6.42 Å². The topological polar surface area (TPSA) is 69.7 Å². The predicted molar refractivity (Wildman–Crippen MR) is 53.7 cm³/mol. The fourth-order valence-corrected chi connectivity index (χ4v) is 1.61. The highest BCUT2D eigenvalue weighted by Crippen LogP contribution is 2.18. The van der Waals surface area contributed by atoms with E-state index >= 15 is 0 Å². The molecule has 0 aromatic rings. The van der Waals surface area contributed by atoms with Crippen LogP contribution in [0, 0.1) is 0 Å². The van der Waals surface area contributed by atoms with E-state index in [0.29, 0.717) is 5.76 Å². The Morgan fingerprint density at radius 2 is 2.07 bits per heavy atom. The van der Waals surface area contributed by atoms with Crippen LogP contribution in [0.15, 0.2) is 23.5 Å². The molecule has 0 radical (unpaired) electrons. The maximum atomic E-state index is 11.3. The third-order valence-corrected chi connectivity index (χ3v) is 2.61. The van der Waals surface area contributed by atoms with Gasteiger partial charge in [-0.1, -0.05) is 0 Å². The molecule has 0 bridgehead atoms. The Hall–Kier alpha value is -1.56. The molecule has 0 unspecified atom stereocenters. The van der Waals surface area contributed by atoms with Crippen molar-refractivity contribution in [3.63, 3.8) is 0 Å². The first-order chi connectivity index (χ1) is 7.10. The van der Waals surface area contributed by atoms with Crippen LogP contribution in [0.5, 0.6) is 0 Å². The minimum Gasteiger partial charge on any atom is -0.496 e. The summed E-state index contributed by atoms with van der Waals surface area (Å²) in [6, 6.07) is 0. The molecule has 0 aliphatic heterocycles. The Morgan fingerprint density at radius 1 is 1.40 bits per heavy atom. The number of esters is 1. The van der Waals surface area contributed by atoms with Gasteiger partial charge in [-0.05, 0) is 12.2 Å². The Balaban J connectivity index is 3.21. The highest BCUT2D eigenvalue weighted by atomic mass is 32.2. The highest BCUT2D eigenvalue weighted by Gasteiger charge is 2.20. The van der Waals surface area contributed by atoms with Crippen molar-refractivity contribution in [2.75, 3.05) is 14.2 Å². The zero-order valence-electron chi connectivity index (χ0n) is 8.31. The molecule has 0 aromatic heterocycles. The standard InChI is InChI=1S/C9H10O5S/c1-13-8-4-3-6(15(11)12)5-7(8)9(10)14-2/h4-5H,3H2,1-2H3. The SMILES string of the molecule is COC(=O)C1=CC(=S(=O)=O)CC=C1OC. The molecule has 0 amide bonds. The minimum atomic E-state index is -2.33. The smallest absolute Gasteiger partial charge is 0.341 e. The fourth-order valence-electron chi connectivity index (χ4n) is 1.17. The average molecular weight is 230 g/mol. The van der Waals surface area contributed by atoms with E-state index in [1.807, 2.05) is 0 Å². The number of carbonyl (C=O) groups excluding carboxylic acids is 1. The summed E-state index contributed by atoms with van der Waals surface area (Å²) in [7, 11) is 0.300. The van der Waals surface area contributed by atoms with Crippen LogP contribution in [0.3, 0.4) is 0 Å². The normalized spacial score (nSPS) is 15.2. The number of rotatable bonds is 2. The van der Waals surface area contributed by atoms with Crippen molar-refractivity contribution >= 4 is 21.1 Å². The molecular weight excluding hydrogens is 220 g/mol. The van der Waals surface area contributed by atoms with Crippen molar-refractivity contribution in [1.29, 1.82) is 0 Å². The second kappa shape index (κ2) is 4.79. The molecule has 1 aliphatic carbocycles. The maximum absolute atomic E-state index is 11.3. The predicted octanol–water partition coefficient (Wildman–Crippen LogP) is 0.0713. The molecule has 0 aromatic carbocycles. The lowest BCUT2D eigenvalue weighted by molar-refractivity contribution is -0.136. The van der Waals surface area contributed by atoms with E-state index in [1.165, 1.54) is 26.4 Å². The summed E-state index contributed by atoms with van der Waals surface area (Å²) in [5.74, 6) is -0.290. The van der Waals surface area contributed by atoms with Crippen LogP contribution >= 0.6 is 0 Å². The molecule has 0 fully saturated rings. The van der Waals surface area contributed by atoms with Gasteiger partial charge in [-0.15, -0.1) is 0 Å². The van der Waals surface area contributed by atoms with Gasteiger partial charge in [0.1, 0.15) is 11.3 Å². The van der Waals surface area contributed by atoms with E-state index in [9.17, 15) is 13.2 Å². The molecule has 0 heterocycles. The van der Waals surface area contributed by atoms with Gasteiger partial charge in [-0.25, -0.2) is 4.79 Å². The first kappa shape index (κ1) is 11.5. The van der Waals surface area contributed by atoms with Crippen molar-refractivity contribution in [3.8, 4) is 0 Å². The van der Waals surface area contributed by atoms with Gasteiger partial charge >= 0.3 is 5.97 Å². The summed E-state index contributed by atoms with van der Waals surface area (Å²) in [5, 5.41) is 0. The van der Waals surface area contributed by atoms with Crippen molar-refractivity contribution in [1.82, 2.24) is 0 Å². The zero-order chi connectivity index (χ0) is 11.4. The molecule has 82 valence electrons. The number of allylic oxidation sites excluding steroid dienone is 2. The van der Waals surface area contributed by atoms with Gasteiger partial charge in [0.05, 0.1) is 19.1 Å². The average Bonchev–Trinajstić information content (AvgIpc) is 2.27. The lowest BCUT2D eigenvalue weighted by Gasteiger charge is -2.12. The van der Waals surface area contributed by atoms with Crippen LogP contribution < -0.4 is 0 Å². The number of methoxy groups -OCH3 is 2. The second-order valence-electron chi connectivity index (χ2n) is 2.73. The molecule has 0 saturated heterocycles. The Bertz CT molecular complexity index is 459. The molecule has 1 aliphatic rings. The van der Waals surface area contributed by atoms with Crippen molar-refractivity contribution in [3.05, 3.63) is 23.5 Å². The summed E-state index contributed by atoms with van der Waals surface area (Å²) >= 11 is 0. The largest absolute Gasteiger partial charge is 0.496 e. The molecule has 0 N–H and O–H groups in total. The Morgan fingerprint density at radius 3 is 2.53 bits per heavy atom. The van der Waals surface area contributed by atoms with Crippen LogP contribution in [0.4, 0.5) is 0 Å². The lowest BCUT2D eigenvalue weighted by atomic mass is 10.1. The van der Waals surface area contributed by atoms with E-state index in [1.54, 1.807) is 0 Å². The van der Waals surface area contributed by atoms with Gasteiger partial charge in [0.25, 0.3) is 0 Å². The summed E-state index contributed by atoms with van der Waals surface area (Å²) in [6.07, 6.45) is 3.00. The third kappa shape index (κ3) is 2.47. The zero-order valence-corrected chi connectivity index (χ0v) is 9.13. The summed E-state index contributed by atoms with van der Waals surface area (Å²) in [4.78, 5) is 11.4. The molecule has 0 atom stereocenters. The fraction of sp³-hybridized carbons (Fsp3) is 0.333. The maximum Gasteiger partial charge on any atom is 0.341 e. The Kier molecular flexibility index (Phi) is 3.68.